The first-order valence-corrected chi connectivity index (χ1v) is 6.31. The summed E-state index contributed by atoms with van der Waals surface area (Å²) in [7, 11) is 0. The van der Waals surface area contributed by atoms with Crippen molar-refractivity contribution in [3.63, 3.8) is 0 Å². The Morgan fingerprint density at radius 2 is 2.00 bits per heavy atom. The monoisotopic (exact) mass is 250 g/mol. The van der Waals surface area contributed by atoms with E-state index in [4.69, 9.17) is 0 Å². The van der Waals surface area contributed by atoms with Gasteiger partial charge in [0.25, 0.3) is 5.91 Å². The highest BCUT2D eigenvalue weighted by atomic mass is 16.1. The maximum absolute atomic E-state index is 11.7. The summed E-state index contributed by atoms with van der Waals surface area (Å²) in [5.74, 6) is 0.505. The molecule has 0 atom stereocenters. The summed E-state index contributed by atoms with van der Waals surface area (Å²) in [5.41, 5.74) is 0.283. The highest BCUT2D eigenvalue weighted by molar-refractivity contribution is 5.91. The second-order valence-electron chi connectivity index (χ2n) is 5.27. The van der Waals surface area contributed by atoms with Crippen molar-refractivity contribution in [2.45, 2.75) is 46.1 Å². The van der Waals surface area contributed by atoms with Crippen molar-refractivity contribution in [3.8, 4) is 0 Å². The summed E-state index contributed by atoms with van der Waals surface area (Å²) in [6.07, 6.45) is 5.11. The van der Waals surface area contributed by atoms with Crippen LogP contribution in [0.5, 0.6) is 0 Å². The van der Waals surface area contributed by atoms with Crippen LogP contribution in [-0.2, 0) is 0 Å². The first-order valence-electron chi connectivity index (χ1n) is 6.31. The molecule has 100 valence electrons. The maximum Gasteiger partial charge on any atom is 0.271 e. The van der Waals surface area contributed by atoms with Crippen LogP contribution in [0.4, 0.5) is 5.82 Å². The molecule has 0 radical (unpaired) electrons. The van der Waals surface area contributed by atoms with Crippen molar-refractivity contribution in [2.75, 3.05) is 11.9 Å². The van der Waals surface area contributed by atoms with E-state index in [0.717, 1.165) is 12.8 Å². The van der Waals surface area contributed by atoms with E-state index in [1.54, 1.807) is 6.20 Å². The van der Waals surface area contributed by atoms with Gasteiger partial charge < -0.3 is 10.6 Å². The second-order valence-corrected chi connectivity index (χ2v) is 5.27. The molecule has 0 unspecified atom stereocenters. The maximum atomic E-state index is 11.7. The molecule has 18 heavy (non-hydrogen) atoms. The Morgan fingerprint density at radius 3 is 2.50 bits per heavy atom. The highest BCUT2D eigenvalue weighted by Gasteiger charge is 2.11. The van der Waals surface area contributed by atoms with E-state index in [1.807, 2.05) is 20.8 Å². The summed E-state index contributed by atoms with van der Waals surface area (Å²) >= 11 is 0. The van der Waals surface area contributed by atoms with Crippen molar-refractivity contribution in [2.24, 2.45) is 0 Å². The van der Waals surface area contributed by atoms with Crippen molar-refractivity contribution >= 4 is 11.7 Å². The van der Waals surface area contributed by atoms with Gasteiger partial charge in [-0.1, -0.05) is 13.3 Å². The summed E-state index contributed by atoms with van der Waals surface area (Å²) < 4.78 is 0. The number of anilines is 1. The molecular formula is C13H22N4O. The molecule has 1 heterocycles. The zero-order valence-electron chi connectivity index (χ0n) is 11.6. The average molecular weight is 250 g/mol. The van der Waals surface area contributed by atoms with E-state index in [9.17, 15) is 4.79 Å². The first-order chi connectivity index (χ1) is 8.42. The predicted molar refractivity (Wildman–Crippen MR) is 72.6 cm³/mol. The Bertz CT molecular complexity index is 381. The van der Waals surface area contributed by atoms with Crippen molar-refractivity contribution in [1.29, 1.82) is 0 Å². The molecule has 0 aromatic carbocycles. The van der Waals surface area contributed by atoms with Gasteiger partial charge in [0.1, 0.15) is 11.5 Å². The number of amides is 1. The second kappa shape index (κ2) is 6.33. The van der Waals surface area contributed by atoms with Gasteiger partial charge in [-0.25, -0.2) is 9.97 Å². The number of nitrogens with zero attached hydrogens (tertiary/aromatic N) is 2. The van der Waals surface area contributed by atoms with Crippen molar-refractivity contribution < 1.29 is 4.79 Å². The molecule has 1 amide bonds. The normalized spacial score (nSPS) is 11.1. The standard InChI is InChI=1S/C13H22N4O/c1-5-6-7-14-12(18)10-8-16-11(9-15-10)17-13(2,3)4/h8-9H,5-7H2,1-4H3,(H,14,18)(H,16,17). The highest BCUT2D eigenvalue weighted by Crippen LogP contribution is 2.10. The fourth-order valence-corrected chi connectivity index (χ4v) is 1.36. The molecule has 0 saturated carbocycles. The Kier molecular flexibility index (Phi) is 5.07. The number of unbranched alkanes of at least 4 members (excludes halogenated alkanes) is 1. The van der Waals surface area contributed by atoms with E-state index in [1.165, 1.54) is 6.20 Å². The van der Waals surface area contributed by atoms with E-state index in [2.05, 4.69) is 27.5 Å². The SMILES string of the molecule is CCCCNC(=O)c1cnc(NC(C)(C)C)cn1. The van der Waals surface area contributed by atoms with Crippen LogP contribution in [0.3, 0.4) is 0 Å². The van der Waals surface area contributed by atoms with E-state index >= 15 is 0 Å². The molecule has 0 aliphatic heterocycles. The minimum Gasteiger partial charge on any atom is -0.364 e. The summed E-state index contributed by atoms with van der Waals surface area (Å²) in [4.78, 5) is 20.0. The van der Waals surface area contributed by atoms with Crippen LogP contribution in [0.15, 0.2) is 12.4 Å². The van der Waals surface area contributed by atoms with Crippen LogP contribution in [0, 0.1) is 0 Å². The lowest BCUT2D eigenvalue weighted by Crippen LogP contribution is -2.28. The lowest BCUT2D eigenvalue weighted by Gasteiger charge is -2.20. The lowest BCUT2D eigenvalue weighted by atomic mass is 10.1. The number of hydrogen-bond acceptors (Lipinski definition) is 4. The molecular weight excluding hydrogens is 228 g/mol. The molecule has 0 saturated heterocycles. The van der Waals surface area contributed by atoms with Crippen LogP contribution >= 0.6 is 0 Å². The zero-order chi connectivity index (χ0) is 13.6. The minimum atomic E-state index is -0.168. The number of aromatic nitrogens is 2. The van der Waals surface area contributed by atoms with Gasteiger partial charge in [-0.05, 0) is 27.2 Å². The molecule has 1 rings (SSSR count). The fraction of sp³-hybridized carbons (Fsp3) is 0.615. The number of nitrogens with one attached hydrogen (secondary N) is 2. The van der Waals surface area contributed by atoms with Gasteiger partial charge in [0.15, 0.2) is 0 Å². The summed E-state index contributed by atoms with van der Waals surface area (Å²) in [5, 5.41) is 6.00. The third kappa shape index (κ3) is 5.12. The third-order valence-corrected chi connectivity index (χ3v) is 2.20. The van der Waals surface area contributed by atoms with Crippen molar-refractivity contribution in [3.05, 3.63) is 18.1 Å². The fourth-order valence-electron chi connectivity index (χ4n) is 1.36. The van der Waals surface area contributed by atoms with Crippen LogP contribution in [-0.4, -0.2) is 28.0 Å². The topological polar surface area (TPSA) is 66.9 Å². The van der Waals surface area contributed by atoms with Crippen LogP contribution in [0.2, 0.25) is 0 Å². The molecule has 0 spiro atoms. The van der Waals surface area contributed by atoms with Crippen LogP contribution in [0.1, 0.15) is 51.0 Å². The Hall–Kier alpha value is -1.65. The molecule has 5 nitrogen and oxygen atoms in total. The predicted octanol–water partition coefficient (Wildman–Crippen LogP) is 2.22. The number of carbonyl (C=O) groups is 1. The largest absolute Gasteiger partial charge is 0.364 e. The number of rotatable bonds is 5. The van der Waals surface area contributed by atoms with Gasteiger partial charge in [0, 0.05) is 12.1 Å². The Morgan fingerprint density at radius 1 is 1.28 bits per heavy atom. The van der Waals surface area contributed by atoms with E-state index < -0.39 is 0 Å². The van der Waals surface area contributed by atoms with Gasteiger partial charge >= 0.3 is 0 Å². The Balaban J connectivity index is 2.57. The molecule has 2 N–H and O–H groups in total. The van der Waals surface area contributed by atoms with Gasteiger partial charge in [-0.2, -0.15) is 0 Å². The van der Waals surface area contributed by atoms with Gasteiger partial charge in [-0.15, -0.1) is 0 Å². The lowest BCUT2D eigenvalue weighted by molar-refractivity contribution is 0.0948. The molecule has 0 fully saturated rings. The molecule has 0 bridgehead atoms. The summed E-state index contributed by atoms with van der Waals surface area (Å²) in [6, 6.07) is 0. The average Bonchev–Trinajstić information content (AvgIpc) is 2.28. The summed E-state index contributed by atoms with van der Waals surface area (Å²) in [6.45, 7) is 8.89. The van der Waals surface area contributed by atoms with Gasteiger partial charge in [0.2, 0.25) is 0 Å². The Labute approximate surface area is 108 Å². The van der Waals surface area contributed by atoms with Crippen LogP contribution < -0.4 is 10.6 Å². The van der Waals surface area contributed by atoms with E-state index in [-0.39, 0.29) is 11.4 Å². The minimum absolute atomic E-state index is 0.0699. The molecule has 1 aromatic heterocycles. The number of hydrogen-bond donors (Lipinski definition) is 2. The molecule has 0 aliphatic rings. The third-order valence-electron chi connectivity index (χ3n) is 2.20. The van der Waals surface area contributed by atoms with E-state index in [0.29, 0.717) is 18.1 Å². The molecule has 1 aromatic rings. The molecule has 5 heteroatoms. The van der Waals surface area contributed by atoms with Crippen molar-refractivity contribution in [1.82, 2.24) is 15.3 Å². The van der Waals surface area contributed by atoms with Gasteiger partial charge in [0.05, 0.1) is 12.4 Å². The zero-order valence-corrected chi connectivity index (χ0v) is 11.6. The van der Waals surface area contributed by atoms with Crippen LogP contribution in [0.25, 0.3) is 0 Å². The quantitative estimate of drug-likeness (QED) is 0.786. The van der Waals surface area contributed by atoms with Gasteiger partial charge in [-0.3, -0.25) is 4.79 Å². The smallest absolute Gasteiger partial charge is 0.271 e. The first kappa shape index (κ1) is 14.4. The number of carbonyl (C=O) groups excluding carboxylic acids is 1. The molecule has 0 aliphatic carbocycles.